The number of urea groups is 2. The fourth-order valence-corrected chi connectivity index (χ4v) is 3.69. The molecule has 3 fully saturated rings. The average molecular weight is 294 g/mol. The number of amides is 5. The summed E-state index contributed by atoms with van der Waals surface area (Å²) in [5.41, 5.74) is -0.657. The normalized spacial score (nSPS) is 32.1. The minimum absolute atomic E-state index is 0.0900. The van der Waals surface area contributed by atoms with Gasteiger partial charge in [0.15, 0.2) is 0 Å². The van der Waals surface area contributed by atoms with E-state index in [4.69, 9.17) is 0 Å². The summed E-state index contributed by atoms with van der Waals surface area (Å²) in [6.45, 7) is 5.99. The lowest BCUT2D eigenvalue weighted by molar-refractivity contribution is -0.133. The number of rotatable bonds is 2. The van der Waals surface area contributed by atoms with E-state index in [1.54, 1.807) is 9.80 Å². The first kappa shape index (κ1) is 14.2. The molecule has 7 nitrogen and oxygen atoms in total. The van der Waals surface area contributed by atoms with Gasteiger partial charge in [0, 0.05) is 26.2 Å². The second-order valence-electron chi connectivity index (χ2n) is 6.21. The minimum atomic E-state index is -0.657. The van der Waals surface area contributed by atoms with Gasteiger partial charge in [0.2, 0.25) is 0 Å². The third-order valence-electron chi connectivity index (χ3n) is 4.90. The number of fused-ring (bicyclic) bond motifs is 1. The Morgan fingerprint density at radius 3 is 2.81 bits per heavy atom. The van der Waals surface area contributed by atoms with Crippen LogP contribution in [0.15, 0.2) is 0 Å². The molecular weight excluding hydrogens is 272 g/mol. The maximum atomic E-state index is 12.7. The maximum absolute atomic E-state index is 12.7. The van der Waals surface area contributed by atoms with Crippen LogP contribution in [0.25, 0.3) is 0 Å². The quantitative estimate of drug-likeness (QED) is 0.758. The van der Waals surface area contributed by atoms with Crippen LogP contribution >= 0.6 is 0 Å². The molecule has 2 atom stereocenters. The predicted molar refractivity (Wildman–Crippen MR) is 75.6 cm³/mol. The fourth-order valence-electron chi connectivity index (χ4n) is 3.69. The molecule has 3 rings (SSSR count). The van der Waals surface area contributed by atoms with Gasteiger partial charge in [-0.1, -0.05) is 0 Å². The standard InChI is InChI=1S/C14H22N4O3/c1-3-15-12(20)16-8-5-10(9-16)18-11(19)14(2)6-4-7-17(14)13(18)21/h10H,3-9H2,1-2H3,(H,15,20)/t10-,14-/m0/s1. The van der Waals surface area contributed by atoms with Gasteiger partial charge in [-0.2, -0.15) is 0 Å². The van der Waals surface area contributed by atoms with Crippen molar-refractivity contribution >= 4 is 18.0 Å². The molecule has 0 aromatic heterocycles. The molecule has 3 aliphatic rings. The summed E-state index contributed by atoms with van der Waals surface area (Å²) >= 11 is 0. The van der Waals surface area contributed by atoms with Gasteiger partial charge in [0.1, 0.15) is 5.54 Å². The molecule has 0 aliphatic carbocycles. The number of carbonyl (C=O) groups excluding carboxylic acids is 3. The van der Waals surface area contributed by atoms with Crippen molar-refractivity contribution in [2.24, 2.45) is 0 Å². The number of nitrogens with one attached hydrogen (secondary N) is 1. The lowest BCUT2D eigenvalue weighted by atomic mass is 9.99. The number of likely N-dealkylation sites (tertiary alicyclic amines) is 1. The predicted octanol–water partition coefficient (Wildman–Crippen LogP) is 0.607. The molecular formula is C14H22N4O3. The fraction of sp³-hybridized carbons (Fsp3) is 0.786. The lowest BCUT2D eigenvalue weighted by Crippen LogP contribution is -2.46. The molecule has 116 valence electrons. The number of imide groups is 1. The van der Waals surface area contributed by atoms with Crippen molar-refractivity contribution < 1.29 is 14.4 Å². The molecule has 0 bridgehead atoms. The summed E-state index contributed by atoms with van der Waals surface area (Å²) in [6, 6.07) is -0.483. The van der Waals surface area contributed by atoms with Crippen LogP contribution in [0, 0.1) is 0 Å². The lowest BCUT2D eigenvalue weighted by Gasteiger charge is -2.23. The van der Waals surface area contributed by atoms with Crippen LogP contribution < -0.4 is 5.32 Å². The van der Waals surface area contributed by atoms with Crippen LogP contribution in [0.3, 0.4) is 0 Å². The first-order chi connectivity index (χ1) is 9.99. The van der Waals surface area contributed by atoms with E-state index < -0.39 is 5.54 Å². The summed E-state index contributed by atoms with van der Waals surface area (Å²) in [5, 5.41) is 2.76. The number of nitrogens with zero attached hydrogens (tertiary/aromatic N) is 3. The zero-order chi connectivity index (χ0) is 15.2. The van der Waals surface area contributed by atoms with E-state index >= 15 is 0 Å². The van der Waals surface area contributed by atoms with Gasteiger partial charge in [-0.3, -0.25) is 9.69 Å². The first-order valence-electron chi connectivity index (χ1n) is 7.67. The second-order valence-corrected chi connectivity index (χ2v) is 6.21. The topological polar surface area (TPSA) is 73.0 Å². The molecule has 0 unspecified atom stereocenters. The van der Waals surface area contributed by atoms with Crippen LogP contribution in [0.4, 0.5) is 9.59 Å². The van der Waals surface area contributed by atoms with Crippen molar-refractivity contribution in [1.29, 1.82) is 0 Å². The van der Waals surface area contributed by atoms with Gasteiger partial charge >= 0.3 is 12.1 Å². The molecule has 7 heteroatoms. The van der Waals surface area contributed by atoms with Crippen LogP contribution in [-0.4, -0.2) is 70.4 Å². The third kappa shape index (κ3) is 1.98. The highest BCUT2D eigenvalue weighted by molar-refractivity contribution is 6.07. The van der Waals surface area contributed by atoms with Gasteiger partial charge in [-0.05, 0) is 33.1 Å². The van der Waals surface area contributed by atoms with Crippen LogP contribution in [-0.2, 0) is 4.79 Å². The van der Waals surface area contributed by atoms with Crippen molar-refractivity contribution in [3.8, 4) is 0 Å². The van der Waals surface area contributed by atoms with E-state index in [0.29, 0.717) is 32.6 Å². The number of hydrogen-bond donors (Lipinski definition) is 1. The summed E-state index contributed by atoms with van der Waals surface area (Å²) in [4.78, 5) is 41.8. The summed E-state index contributed by atoms with van der Waals surface area (Å²) in [6.07, 6.45) is 2.29. The Bertz CT molecular complexity index is 495. The minimum Gasteiger partial charge on any atom is -0.338 e. The molecule has 3 saturated heterocycles. The van der Waals surface area contributed by atoms with Crippen LogP contribution in [0.5, 0.6) is 0 Å². The van der Waals surface area contributed by atoms with Crippen LogP contribution in [0.1, 0.15) is 33.1 Å². The molecule has 21 heavy (non-hydrogen) atoms. The molecule has 0 spiro atoms. The van der Waals surface area contributed by atoms with E-state index in [9.17, 15) is 14.4 Å². The van der Waals surface area contributed by atoms with Gasteiger partial charge in [0.25, 0.3) is 5.91 Å². The zero-order valence-corrected chi connectivity index (χ0v) is 12.6. The number of hydrogen-bond acceptors (Lipinski definition) is 3. The largest absolute Gasteiger partial charge is 0.338 e. The number of carbonyl (C=O) groups is 3. The highest BCUT2D eigenvalue weighted by Gasteiger charge is 2.58. The molecule has 3 heterocycles. The zero-order valence-electron chi connectivity index (χ0n) is 12.6. The van der Waals surface area contributed by atoms with Crippen molar-refractivity contribution in [3.63, 3.8) is 0 Å². The summed E-state index contributed by atoms with van der Waals surface area (Å²) in [5.74, 6) is -0.0900. The Kier molecular flexibility index (Phi) is 3.30. The highest BCUT2D eigenvalue weighted by Crippen LogP contribution is 2.39. The van der Waals surface area contributed by atoms with Crippen LogP contribution in [0.2, 0.25) is 0 Å². The Morgan fingerprint density at radius 2 is 2.14 bits per heavy atom. The molecule has 5 amide bonds. The molecule has 0 saturated carbocycles. The highest BCUT2D eigenvalue weighted by atomic mass is 16.2. The average Bonchev–Trinajstić information content (AvgIpc) is 3.10. The van der Waals surface area contributed by atoms with Crippen molar-refractivity contribution in [3.05, 3.63) is 0 Å². The summed E-state index contributed by atoms with van der Waals surface area (Å²) < 4.78 is 0. The van der Waals surface area contributed by atoms with Gasteiger partial charge in [-0.15, -0.1) is 0 Å². The maximum Gasteiger partial charge on any atom is 0.327 e. The smallest absolute Gasteiger partial charge is 0.327 e. The molecule has 0 radical (unpaired) electrons. The van der Waals surface area contributed by atoms with Gasteiger partial charge in [0.05, 0.1) is 6.04 Å². The monoisotopic (exact) mass is 294 g/mol. The Balaban J connectivity index is 1.73. The molecule has 1 N–H and O–H groups in total. The summed E-state index contributed by atoms with van der Waals surface area (Å²) in [7, 11) is 0. The van der Waals surface area contributed by atoms with E-state index in [2.05, 4.69) is 5.32 Å². The second kappa shape index (κ2) is 4.89. The Labute approximate surface area is 124 Å². The SMILES string of the molecule is CCNC(=O)N1CC[C@H](N2C(=O)N3CCC[C@@]3(C)C2=O)C1. The van der Waals surface area contributed by atoms with Crippen molar-refractivity contribution in [2.75, 3.05) is 26.2 Å². The molecule has 3 aliphatic heterocycles. The van der Waals surface area contributed by atoms with Gasteiger partial charge < -0.3 is 15.1 Å². The molecule has 0 aromatic carbocycles. The van der Waals surface area contributed by atoms with E-state index in [-0.39, 0.29) is 24.0 Å². The Morgan fingerprint density at radius 1 is 1.38 bits per heavy atom. The van der Waals surface area contributed by atoms with E-state index in [0.717, 1.165) is 12.8 Å². The molecule has 0 aromatic rings. The van der Waals surface area contributed by atoms with Gasteiger partial charge in [-0.25, -0.2) is 9.59 Å². The first-order valence-corrected chi connectivity index (χ1v) is 7.67. The van der Waals surface area contributed by atoms with Crippen molar-refractivity contribution in [2.45, 2.75) is 44.7 Å². The Hall–Kier alpha value is -1.79. The van der Waals surface area contributed by atoms with Crippen molar-refractivity contribution in [1.82, 2.24) is 20.0 Å². The van der Waals surface area contributed by atoms with E-state index in [1.807, 2.05) is 13.8 Å². The van der Waals surface area contributed by atoms with E-state index in [1.165, 1.54) is 4.90 Å². The third-order valence-corrected chi connectivity index (χ3v) is 4.90.